The van der Waals surface area contributed by atoms with Gasteiger partial charge in [-0.1, -0.05) is 41.4 Å². The standard InChI is InChI=1S/C18H16Cl2O2/c1-12(2)22-15-7-3-13(4-8-15)5-10-18(21)16-9-6-14(19)11-17(16)20/h3-12H,1-2H3. The highest BCUT2D eigenvalue weighted by Gasteiger charge is 2.07. The molecule has 0 fully saturated rings. The molecular weight excluding hydrogens is 319 g/mol. The van der Waals surface area contributed by atoms with Crippen molar-refractivity contribution in [2.45, 2.75) is 20.0 Å². The van der Waals surface area contributed by atoms with E-state index in [-0.39, 0.29) is 11.9 Å². The maximum atomic E-state index is 12.1. The SMILES string of the molecule is CC(C)Oc1ccc(C=CC(=O)c2ccc(Cl)cc2Cl)cc1. The molecule has 0 saturated carbocycles. The van der Waals surface area contributed by atoms with Crippen molar-refractivity contribution in [2.75, 3.05) is 0 Å². The minimum Gasteiger partial charge on any atom is -0.491 e. The molecule has 0 heterocycles. The van der Waals surface area contributed by atoms with Crippen LogP contribution in [0.3, 0.4) is 0 Å². The number of hydrogen-bond donors (Lipinski definition) is 0. The molecule has 2 nitrogen and oxygen atoms in total. The van der Waals surface area contributed by atoms with Gasteiger partial charge in [-0.3, -0.25) is 4.79 Å². The van der Waals surface area contributed by atoms with Crippen molar-refractivity contribution in [3.63, 3.8) is 0 Å². The van der Waals surface area contributed by atoms with Gasteiger partial charge < -0.3 is 4.74 Å². The second-order valence-corrected chi connectivity index (χ2v) is 5.90. The van der Waals surface area contributed by atoms with Crippen LogP contribution in [0.25, 0.3) is 6.08 Å². The number of halogens is 2. The minimum atomic E-state index is -0.163. The molecule has 0 atom stereocenters. The van der Waals surface area contributed by atoms with E-state index in [1.807, 2.05) is 38.1 Å². The molecule has 0 amide bonds. The first kappa shape index (κ1) is 16.6. The second-order valence-electron chi connectivity index (χ2n) is 5.06. The van der Waals surface area contributed by atoms with Crippen molar-refractivity contribution in [3.8, 4) is 5.75 Å². The smallest absolute Gasteiger partial charge is 0.187 e. The number of rotatable bonds is 5. The third-order valence-corrected chi connectivity index (χ3v) is 3.42. The van der Waals surface area contributed by atoms with Crippen LogP contribution in [0.15, 0.2) is 48.5 Å². The average Bonchev–Trinajstić information content (AvgIpc) is 2.45. The zero-order valence-electron chi connectivity index (χ0n) is 12.3. The van der Waals surface area contributed by atoms with Gasteiger partial charge in [-0.25, -0.2) is 0 Å². The largest absolute Gasteiger partial charge is 0.491 e. The van der Waals surface area contributed by atoms with E-state index in [1.54, 1.807) is 24.3 Å². The summed E-state index contributed by atoms with van der Waals surface area (Å²) in [5, 5.41) is 0.856. The van der Waals surface area contributed by atoms with Crippen LogP contribution >= 0.6 is 23.2 Å². The molecule has 0 aliphatic rings. The summed E-state index contributed by atoms with van der Waals surface area (Å²) < 4.78 is 5.57. The Bertz CT molecular complexity index is 689. The quantitative estimate of drug-likeness (QED) is 0.519. The second kappa shape index (κ2) is 7.48. The number of benzene rings is 2. The van der Waals surface area contributed by atoms with Crippen LogP contribution in [0.4, 0.5) is 0 Å². The molecule has 0 aliphatic heterocycles. The van der Waals surface area contributed by atoms with Gasteiger partial charge in [-0.15, -0.1) is 0 Å². The highest BCUT2D eigenvalue weighted by atomic mass is 35.5. The van der Waals surface area contributed by atoms with Crippen molar-refractivity contribution in [3.05, 3.63) is 69.7 Å². The van der Waals surface area contributed by atoms with Gasteiger partial charge in [0.05, 0.1) is 11.1 Å². The van der Waals surface area contributed by atoms with Crippen LogP contribution in [0.2, 0.25) is 10.0 Å². The Morgan fingerprint density at radius 1 is 1.09 bits per heavy atom. The van der Waals surface area contributed by atoms with E-state index in [0.717, 1.165) is 11.3 Å². The Kier molecular flexibility index (Phi) is 5.64. The van der Waals surface area contributed by atoms with Gasteiger partial charge in [-0.05, 0) is 55.8 Å². The third-order valence-electron chi connectivity index (χ3n) is 2.88. The summed E-state index contributed by atoms with van der Waals surface area (Å²) in [6, 6.07) is 12.4. The molecule has 2 aromatic rings. The number of ketones is 1. The maximum Gasteiger partial charge on any atom is 0.187 e. The predicted octanol–water partition coefficient (Wildman–Crippen LogP) is 5.68. The van der Waals surface area contributed by atoms with E-state index in [0.29, 0.717) is 15.6 Å². The monoisotopic (exact) mass is 334 g/mol. The van der Waals surface area contributed by atoms with E-state index >= 15 is 0 Å². The predicted molar refractivity (Wildman–Crippen MR) is 92.0 cm³/mol. The molecule has 0 saturated heterocycles. The van der Waals surface area contributed by atoms with Crippen molar-refractivity contribution in [1.82, 2.24) is 0 Å². The zero-order chi connectivity index (χ0) is 16.1. The summed E-state index contributed by atoms with van der Waals surface area (Å²) in [5.41, 5.74) is 1.34. The first-order chi connectivity index (χ1) is 10.5. The minimum absolute atomic E-state index is 0.134. The lowest BCUT2D eigenvalue weighted by molar-refractivity contribution is 0.104. The van der Waals surface area contributed by atoms with Gasteiger partial charge in [-0.2, -0.15) is 0 Å². The third kappa shape index (κ3) is 4.62. The summed E-state index contributed by atoms with van der Waals surface area (Å²) in [5.74, 6) is 0.642. The molecule has 114 valence electrons. The Balaban J connectivity index is 2.09. The van der Waals surface area contributed by atoms with Crippen LogP contribution in [-0.4, -0.2) is 11.9 Å². The first-order valence-electron chi connectivity index (χ1n) is 6.90. The highest BCUT2D eigenvalue weighted by molar-refractivity contribution is 6.37. The van der Waals surface area contributed by atoms with Gasteiger partial charge >= 0.3 is 0 Å². The number of ether oxygens (including phenoxy) is 1. The Hall–Kier alpha value is -1.77. The van der Waals surface area contributed by atoms with Gasteiger partial charge in [0.2, 0.25) is 0 Å². The average molecular weight is 335 g/mol. The number of allylic oxidation sites excluding steroid dienone is 1. The van der Waals surface area contributed by atoms with Gasteiger partial charge in [0.1, 0.15) is 5.75 Å². The lowest BCUT2D eigenvalue weighted by atomic mass is 10.1. The Morgan fingerprint density at radius 2 is 1.77 bits per heavy atom. The van der Waals surface area contributed by atoms with Crippen LogP contribution in [-0.2, 0) is 0 Å². The zero-order valence-corrected chi connectivity index (χ0v) is 13.9. The van der Waals surface area contributed by atoms with Crippen LogP contribution in [0.1, 0.15) is 29.8 Å². The van der Waals surface area contributed by atoms with Gasteiger partial charge in [0.15, 0.2) is 5.78 Å². The first-order valence-corrected chi connectivity index (χ1v) is 7.65. The lowest BCUT2D eigenvalue weighted by Crippen LogP contribution is -2.05. The molecule has 2 rings (SSSR count). The van der Waals surface area contributed by atoms with Crippen LogP contribution < -0.4 is 4.74 Å². The van der Waals surface area contributed by atoms with E-state index < -0.39 is 0 Å². The molecule has 4 heteroatoms. The van der Waals surface area contributed by atoms with Crippen LogP contribution in [0, 0.1) is 0 Å². The normalized spacial score (nSPS) is 11.1. The molecular formula is C18H16Cl2O2. The molecule has 22 heavy (non-hydrogen) atoms. The molecule has 0 N–H and O–H groups in total. The summed E-state index contributed by atoms with van der Waals surface area (Å²) in [7, 11) is 0. The van der Waals surface area contributed by atoms with Gasteiger partial charge in [0.25, 0.3) is 0 Å². The van der Waals surface area contributed by atoms with Crippen molar-refractivity contribution in [2.24, 2.45) is 0 Å². The fourth-order valence-electron chi connectivity index (χ4n) is 1.88. The highest BCUT2D eigenvalue weighted by Crippen LogP contribution is 2.22. The molecule has 0 bridgehead atoms. The number of carbonyl (C=O) groups is 1. The summed E-state index contributed by atoms with van der Waals surface area (Å²) in [6.45, 7) is 3.95. The Morgan fingerprint density at radius 3 is 2.36 bits per heavy atom. The van der Waals surface area contributed by atoms with Crippen LogP contribution in [0.5, 0.6) is 5.75 Å². The molecule has 2 aromatic carbocycles. The fourth-order valence-corrected chi connectivity index (χ4v) is 2.38. The van der Waals surface area contributed by atoms with Gasteiger partial charge in [0, 0.05) is 10.6 Å². The summed E-state index contributed by atoms with van der Waals surface area (Å²) >= 11 is 11.8. The topological polar surface area (TPSA) is 26.3 Å². The summed E-state index contributed by atoms with van der Waals surface area (Å²) in [4.78, 5) is 12.1. The summed E-state index contributed by atoms with van der Waals surface area (Å²) in [6.07, 6.45) is 3.37. The molecule has 0 radical (unpaired) electrons. The number of carbonyl (C=O) groups excluding carboxylic acids is 1. The molecule has 0 unspecified atom stereocenters. The van der Waals surface area contributed by atoms with Crippen molar-refractivity contribution >= 4 is 35.1 Å². The maximum absolute atomic E-state index is 12.1. The fraction of sp³-hybridized carbons (Fsp3) is 0.167. The van der Waals surface area contributed by atoms with E-state index in [4.69, 9.17) is 27.9 Å². The van der Waals surface area contributed by atoms with E-state index in [2.05, 4.69) is 0 Å². The lowest BCUT2D eigenvalue weighted by Gasteiger charge is -2.09. The molecule has 0 aliphatic carbocycles. The molecule has 0 aromatic heterocycles. The van der Waals surface area contributed by atoms with E-state index in [1.165, 1.54) is 6.08 Å². The molecule has 0 spiro atoms. The number of hydrogen-bond acceptors (Lipinski definition) is 2. The Labute approximate surface area is 140 Å². The van der Waals surface area contributed by atoms with Crippen molar-refractivity contribution in [1.29, 1.82) is 0 Å². The van der Waals surface area contributed by atoms with E-state index in [9.17, 15) is 4.79 Å². The van der Waals surface area contributed by atoms with Crippen molar-refractivity contribution < 1.29 is 9.53 Å².